The van der Waals surface area contributed by atoms with E-state index in [0.29, 0.717) is 17.2 Å². The molecule has 2 aromatic rings. The third kappa shape index (κ3) is 3.99. The molecule has 0 aliphatic heterocycles. The lowest BCUT2D eigenvalue weighted by atomic mass is 10.1. The smallest absolute Gasteiger partial charge is 0.255 e. The minimum absolute atomic E-state index is 0.164. The summed E-state index contributed by atoms with van der Waals surface area (Å²) in [4.78, 5) is 12.2. The maximum absolute atomic E-state index is 12.2. The van der Waals surface area contributed by atoms with Gasteiger partial charge in [0.05, 0.1) is 6.61 Å². The Morgan fingerprint density at radius 3 is 2.57 bits per heavy atom. The highest BCUT2D eigenvalue weighted by Gasteiger charge is 2.09. The third-order valence-electron chi connectivity index (χ3n) is 3.11. The summed E-state index contributed by atoms with van der Waals surface area (Å²) in [6, 6.07) is 12.5. The molecule has 0 fully saturated rings. The van der Waals surface area contributed by atoms with E-state index in [4.69, 9.17) is 16.3 Å². The second kappa shape index (κ2) is 7.14. The van der Waals surface area contributed by atoms with E-state index in [2.05, 4.69) is 12.2 Å². The molecule has 0 spiro atoms. The number of anilines is 1. The van der Waals surface area contributed by atoms with Gasteiger partial charge in [-0.25, -0.2) is 0 Å². The van der Waals surface area contributed by atoms with Crippen LogP contribution >= 0.6 is 11.6 Å². The van der Waals surface area contributed by atoms with E-state index in [9.17, 15) is 4.79 Å². The SMILES string of the molecule is CCCOc1ccc(C(=O)Nc2cccc(Cl)c2C)cc1. The largest absolute Gasteiger partial charge is 0.494 e. The highest BCUT2D eigenvalue weighted by Crippen LogP contribution is 2.23. The maximum Gasteiger partial charge on any atom is 0.255 e. The van der Waals surface area contributed by atoms with E-state index in [1.54, 1.807) is 30.3 Å². The molecule has 1 N–H and O–H groups in total. The molecule has 0 bridgehead atoms. The van der Waals surface area contributed by atoms with Gasteiger partial charge in [-0.2, -0.15) is 0 Å². The number of ether oxygens (including phenoxy) is 1. The van der Waals surface area contributed by atoms with E-state index in [0.717, 1.165) is 23.4 Å². The zero-order valence-electron chi connectivity index (χ0n) is 12.2. The van der Waals surface area contributed by atoms with Crippen LogP contribution < -0.4 is 10.1 Å². The lowest BCUT2D eigenvalue weighted by molar-refractivity contribution is 0.102. The minimum Gasteiger partial charge on any atom is -0.494 e. The van der Waals surface area contributed by atoms with Crippen molar-refractivity contribution in [3.8, 4) is 5.75 Å². The van der Waals surface area contributed by atoms with Gasteiger partial charge in [-0.3, -0.25) is 4.79 Å². The molecule has 0 atom stereocenters. The monoisotopic (exact) mass is 303 g/mol. The second-order valence-corrected chi connectivity index (χ2v) is 5.15. The highest BCUT2D eigenvalue weighted by atomic mass is 35.5. The second-order valence-electron chi connectivity index (χ2n) is 4.74. The summed E-state index contributed by atoms with van der Waals surface area (Å²) in [6.45, 7) is 4.60. The molecule has 0 saturated carbocycles. The van der Waals surface area contributed by atoms with E-state index in [1.165, 1.54) is 0 Å². The summed E-state index contributed by atoms with van der Waals surface area (Å²) in [7, 11) is 0. The molecule has 0 aromatic heterocycles. The van der Waals surface area contributed by atoms with Gasteiger partial charge in [0, 0.05) is 16.3 Å². The fraction of sp³-hybridized carbons (Fsp3) is 0.235. The predicted molar refractivity (Wildman–Crippen MR) is 86.4 cm³/mol. The quantitative estimate of drug-likeness (QED) is 0.870. The van der Waals surface area contributed by atoms with E-state index < -0.39 is 0 Å². The van der Waals surface area contributed by atoms with Crippen LogP contribution in [0, 0.1) is 6.92 Å². The van der Waals surface area contributed by atoms with Crippen molar-refractivity contribution in [3.63, 3.8) is 0 Å². The molecular formula is C17H18ClNO2. The summed E-state index contributed by atoms with van der Waals surface area (Å²) in [5, 5.41) is 3.50. The van der Waals surface area contributed by atoms with Crippen molar-refractivity contribution in [1.29, 1.82) is 0 Å². The molecule has 0 unspecified atom stereocenters. The first-order valence-electron chi connectivity index (χ1n) is 6.91. The van der Waals surface area contributed by atoms with Crippen LogP contribution in [0.25, 0.3) is 0 Å². The van der Waals surface area contributed by atoms with E-state index in [-0.39, 0.29) is 5.91 Å². The molecule has 0 radical (unpaired) electrons. The van der Waals surface area contributed by atoms with E-state index >= 15 is 0 Å². The number of nitrogens with one attached hydrogen (secondary N) is 1. The molecule has 110 valence electrons. The number of amides is 1. The zero-order chi connectivity index (χ0) is 15.2. The van der Waals surface area contributed by atoms with Crippen LogP contribution in [0.15, 0.2) is 42.5 Å². The summed E-state index contributed by atoms with van der Waals surface area (Å²) in [5.41, 5.74) is 2.16. The first-order chi connectivity index (χ1) is 10.1. The molecule has 0 heterocycles. The first-order valence-corrected chi connectivity index (χ1v) is 7.29. The van der Waals surface area contributed by atoms with Crippen LogP contribution in [0.4, 0.5) is 5.69 Å². The van der Waals surface area contributed by atoms with Gasteiger partial charge < -0.3 is 10.1 Å². The van der Waals surface area contributed by atoms with Gasteiger partial charge in [-0.1, -0.05) is 24.6 Å². The van der Waals surface area contributed by atoms with Gasteiger partial charge >= 0.3 is 0 Å². The van der Waals surface area contributed by atoms with Gasteiger partial charge in [0.2, 0.25) is 0 Å². The minimum atomic E-state index is -0.164. The van der Waals surface area contributed by atoms with Crippen LogP contribution in [-0.2, 0) is 0 Å². The Hall–Kier alpha value is -2.00. The Morgan fingerprint density at radius 1 is 1.19 bits per heavy atom. The van der Waals surface area contributed by atoms with Gasteiger partial charge in [-0.05, 0) is 55.3 Å². The molecule has 0 saturated heterocycles. The van der Waals surface area contributed by atoms with Gasteiger partial charge in [0.15, 0.2) is 0 Å². The van der Waals surface area contributed by atoms with Crippen molar-refractivity contribution in [3.05, 3.63) is 58.6 Å². The number of rotatable bonds is 5. The molecule has 2 rings (SSSR count). The third-order valence-corrected chi connectivity index (χ3v) is 3.51. The molecule has 0 aliphatic carbocycles. The number of benzene rings is 2. The van der Waals surface area contributed by atoms with Crippen molar-refractivity contribution >= 4 is 23.2 Å². The number of hydrogen-bond acceptors (Lipinski definition) is 2. The van der Waals surface area contributed by atoms with Crippen molar-refractivity contribution in [2.24, 2.45) is 0 Å². The first kappa shape index (κ1) is 15.4. The average Bonchev–Trinajstić information content (AvgIpc) is 2.50. The van der Waals surface area contributed by atoms with Crippen molar-refractivity contribution in [2.75, 3.05) is 11.9 Å². The van der Waals surface area contributed by atoms with Crippen LogP contribution in [-0.4, -0.2) is 12.5 Å². The normalized spacial score (nSPS) is 10.2. The topological polar surface area (TPSA) is 38.3 Å². The Labute approximate surface area is 129 Å². The molecule has 21 heavy (non-hydrogen) atoms. The Kier molecular flexibility index (Phi) is 5.23. The lowest BCUT2D eigenvalue weighted by Gasteiger charge is -2.10. The fourth-order valence-electron chi connectivity index (χ4n) is 1.86. The Bertz CT molecular complexity index is 623. The standard InChI is InChI=1S/C17H18ClNO2/c1-3-11-21-14-9-7-13(8-10-14)17(20)19-16-6-4-5-15(18)12(16)2/h4-10H,3,11H2,1-2H3,(H,19,20). The summed E-state index contributed by atoms with van der Waals surface area (Å²) in [6.07, 6.45) is 0.955. The average molecular weight is 304 g/mol. The molecule has 4 heteroatoms. The van der Waals surface area contributed by atoms with Crippen LogP contribution in [0.2, 0.25) is 5.02 Å². The fourth-order valence-corrected chi connectivity index (χ4v) is 2.03. The Balaban J connectivity index is 2.08. The predicted octanol–water partition coefficient (Wildman–Crippen LogP) is 4.69. The molecule has 3 nitrogen and oxygen atoms in total. The summed E-state index contributed by atoms with van der Waals surface area (Å²) < 4.78 is 5.49. The molecule has 0 aliphatic rings. The van der Waals surface area contributed by atoms with Crippen LogP contribution in [0.1, 0.15) is 29.3 Å². The number of halogens is 1. The van der Waals surface area contributed by atoms with E-state index in [1.807, 2.05) is 19.1 Å². The van der Waals surface area contributed by atoms with Gasteiger partial charge in [0.1, 0.15) is 5.75 Å². The summed E-state index contributed by atoms with van der Waals surface area (Å²) in [5.74, 6) is 0.606. The highest BCUT2D eigenvalue weighted by molar-refractivity contribution is 6.31. The van der Waals surface area contributed by atoms with Crippen LogP contribution in [0.3, 0.4) is 0 Å². The zero-order valence-corrected chi connectivity index (χ0v) is 12.9. The van der Waals surface area contributed by atoms with Gasteiger partial charge in [-0.15, -0.1) is 0 Å². The number of hydrogen-bond donors (Lipinski definition) is 1. The van der Waals surface area contributed by atoms with Crippen molar-refractivity contribution < 1.29 is 9.53 Å². The molecule has 1 amide bonds. The number of carbonyl (C=O) groups excluding carboxylic acids is 1. The maximum atomic E-state index is 12.2. The Morgan fingerprint density at radius 2 is 1.90 bits per heavy atom. The molecule has 2 aromatic carbocycles. The lowest BCUT2D eigenvalue weighted by Crippen LogP contribution is -2.12. The van der Waals surface area contributed by atoms with Crippen LogP contribution in [0.5, 0.6) is 5.75 Å². The van der Waals surface area contributed by atoms with Crippen molar-refractivity contribution in [1.82, 2.24) is 0 Å². The van der Waals surface area contributed by atoms with Gasteiger partial charge in [0.25, 0.3) is 5.91 Å². The van der Waals surface area contributed by atoms with Crippen molar-refractivity contribution in [2.45, 2.75) is 20.3 Å². The number of carbonyl (C=O) groups is 1. The summed E-state index contributed by atoms with van der Waals surface area (Å²) >= 11 is 6.04. The molecular weight excluding hydrogens is 286 g/mol.